The quantitative estimate of drug-likeness (QED) is 0.573. The topological polar surface area (TPSA) is 65.5 Å². The van der Waals surface area contributed by atoms with E-state index in [2.05, 4.69) is 0 Å². The highest BCUT2D eigenvalue weighted by Crippen LogP contribution is 2.28. The lowest BCUT2D eigenvalue weighted by Crippen LogP contribution is -1.98. The Bertz CT molecular complexity index is 881. The van der Waals surface area contributed by atoms with Crippen molar-refractivity contribution in [2.45, 2.75) is 13.8 Å². The molecule has 21 heavy (non-hydrogen) atoms. The van der Waals surface area contributed by atoms with Crippen LogP contribution in [0.4, 0.5) is 5.69 Å². The molecule has 1 aromatic heterocycles. The van der Waals surface area contributed by atoms with Crippen molar-refractivity contribution in [3.8, 4) is 11.5 Å². The van der Waals surface area contributed by atoms with E-state index in [1.165, 1.54) is 6.07 Å². The van der Waals surface area contributed by atoms with Gasteiger partial charge in [-0.05, 0) is 55.3 Å². The van der Waals surface area contributed by atoms with Gasteiger partial charge in [-0.15, -0.1) is 0 Å². The molecule has 106 valence electrons. The van der Waals surface area contributed by atoms with Gasteiger partial charge in [0, 0.05) is 23.2 Å². The van der Waals surface area contributed by atoms with Gasteiger partial charge in [0.05, 0.1) is 0 Å². The summed E-state index contributed by atoms with van der Waals surface area (Å²) in [5, 5.41) is 0.899. The van der Waals surface area contributed by atoms with Crippen molar-refractivity contribution in [3.05, 3.63) is 64.0 Å². The monoisotopic (exact) mass is 281 g/mol. The van der Waals surface area contributed by atoms with Crippen molar-refractivity contribution < 1.29 is 9.15 Å². The maximum absolute atomic E-state index is 11.4. The Morgan fingerprint density at radius 1 is 0.952 bits per heavy atom. The summed E-state index contributed by atoms with van der Waals surface area (Å²) >= 11 is 0. The van der Waals surface area contributed by atoms with E-state index in [1.54, 1.807) is 18.2 Å². The van der Waals surface area contributed by atoms with Gasteiger partial charge in [-0.25, -0.2) is 4.79 Å². The standard InChI is InChI=1S/C17H15NO3/c1-10-8-17(19)21-16-9-13(3-5-14(10)16)20-12-4-6-15(18)11(2)7-12/h3-9H,18H2,1-2H3. The van der Waals surface area contributed by atoms with Crippen molar-refractivity contribution in [3.63, 3.8) is 0 Å². The fraction of sp³-hybridized carbons (Fsp3) is 0.118. The molecule has 0 aliphatic rings. The molecule has 2 aromatic carbocycles. The van der Waals surface area contributed by atoms with E-state index in [1.807, 2.05) is 32.0 Å². The third-order valence-electron chi connectivity index (χ3n) is 3.40. The van der Waals surface area contributed by atoms with Crippen LogP contribution in [0, 0.1) is 13.8 Å². The fourth-order valence-electron chi connectivity index (χ4n) is 2.22. The van der Waals surface area contributed by atoms with Crippen LogP contribution in [0.25, 0.3) is 11.0 Å². The van der Waals surface area contributed by atoms with Crippen LogP contribution in [0.1, 0.15) is 11.1 Å². The summed E-state index contributed by atoms with van der Waals surface area (Å²) < 4.78 is 11.0. The lowest BCUT2D eigenvalue weighted by Gasteiger charge is -2.09. The van der Waals surface area contributed by atoms with E-state index >= 15 is 0 Å². The molecule has 0 aliphatic carbocycles. The third kappa shape index (κ3) is 2.60. The molecule has 0 unspecified atom stereocenters. The van der Waals surface area contributed by atoms with E-state index in [9.17, 15) is 4.79 Å². The van der Waals surface area contributed by atoms with Gasteiger partial charge < -0.3 is 14.9 Å². The minimum Gasteiger partial charge on any atom is -0.457 e. The van der Waals surface area contributed by atoms with Crippen molar-refractivity contribution in [1.29, 1.82) is 0 Å². The number of anilines is 1. The van der Waals surface area contributed by atoms with Crippen LogP contribution < -0.4 is 16.1 Å². The molecule has 3 aromatic rings. The Morgan fingerprint density at radius 3 is 2.43 bits per heavy atom. The molecule has 0 radical (unpaired) electrons. The Hall–Kier alpha value is -2.75. The summed E-state index contributed by atoms with van der Waals surface area (Å²) in [5.41, 5.74) is 8.51. The first-order chi connectivity index (χ1) is 10.0. The predicted octanol–water partition coefficient (Wildman–Crippen LogP) is 3.78. The molecular formula is C17H15NO3. The number of nitrogens with two attached hydrogens (primary N) is 1. The van der Waals surface area contributed by atoms with Gasteiger partial charge in [0.2, 0.25) is 0 Å². The average molecular weight is 281 g/mol. The number of ether oxygens (including phenoxy) is 1. The number of benzene rings is 2. The van der Waals surface area contributed by atoms with Gasteiger partial charge in [-0.2, -0.15) is 0 Å². The average Bonchev–Trinajstić information content (AvgIpc) is 2.42. The SMILES string of the molecule is Cc1cc(Oc2ccc3c(C)cc(=O)oc3c2)ccc1N. The van der Waals surface area contributed by atoms with E-state index in [0.29, 0.717) is 17.1 Å². The van der Waals surface area contributed by atoms with Crippen LogP contribution in [-0.4, -0.2) is 0 Å². The highest BCUT2D eigenvalue weighted by Gasteiger charge is 2.05. The van der Waals surface area contributed by atoms with E-state index in [0.717, 1.165) is 22.2 Å². The molecule has 0 saturated heterocycles. The highest BCUT2D eigenvalue weighted by molar-refractivity contribution is 5.81. The summed E-state index contributed by atoms with van der Waals surface area (Å²) in [6.45, 7) is 3.80. The van der Waals surface area contributed by atoms with Crippen LogP contribution in [0.2, 0.25) is 0 Å². The number of rotatable bonds is 2. The maximum atomic E-state index is 11.4. The molecule has 0 saturated carbocycles. The lowest BCUT2D eigenvalue weighted by atomic mass is 10.1. The molecule has 1 heterocycles. The van der Waals surface area contributed by atoms with Gasteiger partial charge in [-0.1, -0.05) is 0 Å². The first-order valence-electron chi connectivity index (χ1n) is 6.61. The Labute approximate surface area is 121 Å². The van der Waals surface area contributed by atoms with Crippen LogP contribution in [0.3, 0.4) is 0 Å². The summed E-state index contributed by atoms with van der Waals surface area (Å²) in [7, 11) is 0. The number of aryl methyl sites for hydroxylation is 2. The summed E-state index contributed by atoms with van der Waals surface area (Å²) in [6.07, 6.45) is 0. The second-order valence-electron chi connectivity index (χ2n) is 5.03. The van der Waals surface area contributed by atoms with Crippen LogP contribution >= 0.6 is 0 Å². The first kappa shape index (κ1) is 13.2. The minimum absolute atomic E-state index is 0.361. The normalized spacial score (nSPS) is 10.8. The molecule has 2 N–H and O–H groups in total. The van der Waals surface area contributed by atoms with Crippen molar-refractivity contribution in [2.75, 3.05) is 5.73 Å². The van der Waals surface area contributed by atoms with Gasteiger partial charge >= 0.3 is 5.63 Å². The van der Waals surface area contributed by atoms with Crippen molar-refractivity contribution in [2.24, 2.45) is 0 Å². The zero-order valence-electron chi connectivity index (χ0n) is 11.8. The van der Waals surface area contributed by atoms with Gasteiger partial charge in [0.15, 0.2) is 0 Å². The highest BCUT2D eigenvalue weighted by atomic mass is 16.5. The van der Waals surface area contributed by atoms with E-state index in [4.69, 9.17) is 14.9 Å². The lowest BCUT2D eigenvalue weighted by molar-refractivity contribution is 0.480. The Balaban J connectivity index is 2.01. The predicted molar refractivity (Wildman–Crippen MR) is 82.9 cm³/mol. The van der Waals surface area contributed by atoms with Crippen LogP contribution in [0.5, 0.6) is 11.5 Å². The summed E-state index contributed by atoms with van der Waals surface area (Å²) in [6, 6.07) is 12.4. The fourth-order valence-corrected chi connectivity index (χ4v) is 2.22. The molecule has 0 spiro atoms. The summed E-state index contributed by atoms with van der Waals surface area (Å²) in [5.74, 6) is 1.30. The molecule has 3 rings (SSSR count). The number of hydrogen-bond acceptors (Lipinski definition) is 4. The minimum atomic E-state index is -0.361. The smallest absolute Gasteiger partial charge is 0.336 e. The molecular weight excluding hydrogens is 266 g/mol. The molecule has 0 atom stereocenters. The van der Waals surface area contributed by atoms with E-state index in [-0.39, 0.29) is 5.63 Å². The second kappa shape index (κ2) is 4.98. The van der Waals surface area contributed by atoms with Crippen LogP contribution in [-0.2, 0) is 0 Å². The molecule has 0 amide bonds. The van der Waals surface area contributed by atoms with Gasteiger partial charge in [0.25, 0.3) is 0 Å². The van der Waals surface area contributed by atoms with Crippen LogP contribution in [0.15, 0.2) is 51.7 Å². The zero-order valence-corrected chi connectivity index (χ0v) is 11.8. The third-order valence-corrected chi connectivity index (χ3v) is 3.40. The first-order valence-corrected chi connectivity index (χ1v) is 6.61. The summed E-state index contributed by atoms with van der Waals surface area (Å²) in [4.78, 5) is 11.4. The molecule has 0 aliphatic heterocycles. The van der Waals surface area contributed by atoms with Crippen molar-refractivity contribution >= 4 is 16.7 Å². The van der Waals surface area contributed by atoms with Gasteiger partial charge in [-0.3, -0.25) is 0 Å². The molecule has 0 bridgehead atoms. The molecule has 0 fully saturated rings. The second-order valence-corrected chi connectivity index (χ2v) is 5.03. The number of fused-ring (bicyclic) bond motifs is 1. The Morgan fingerprint density at radius 2 is 1.67 bits per heavy atom. The molecule has 4 heteroatoms. The van der Waals surface area contributed by atoms with Crippen molar-refractivity contribution in [1.82, 2.24) is 0 Å². The number of nitrogen functional groups attached to an aromatic ring is 1. The maximum Gasteiger partial charge on any atom is 0.336 e. The van der Waals surface area contributed by atoms with Gasteiger partial charge in [0.1, 0.15) is 17.1 Å². The zero-order chi connectivity index (χ0) is 15.0. The number of hydrogen-bond donors (Lipinski definition) is 1. The van der Waals surface area contributed by atoms with E-state index < -0.39 is 0 Å². The largest absolute Gasteiger partial charge is 0.457 e. The Kier molecular flexibility index (Phi) is 3.14. The molecule has 4 nitrogen and oxygen atoms in total.